The van der Waals surface area contributed by atoms with Crippen LogP contribution in [-0.2, 0) is 4.79 Å². The van der Waals surface area contributed by atoms with E-state index in [-0.39, 0.29) is 12.5 Å². The zero-order valence-corrected chi connectivity index (χ0v) is 11.4. The summed E-state index contributed by atoms with van der Waals surface area (Å²) >= 11 is 0. The zero-order valence-electron chi connectivity index (χ0n) is 11.4. The molecule has 0 aliphatic carbocycles. The van der Waals surface area contributed by atoms with E-state index < -0.39 is 0 Å². The highest BCUT2D eigenvalue weighted by atomic mass is 16.1. The lowest BCUT2D eigenvalue weighted by molar-refractivity contribution is -0.114. The molecule has 2 aromatic rings. The number of nitrogens with one attached hydrogen (secondary N) is 1. The largest absolute Gasteiger partial charge is 0.327 e. The van der Waals surface area contributed by atoms with Crippen LogP contribution in [0.3, 0.4) is 0 Å². The van der Waals surface area contributed by atoms with Crippen molar-refractivity contribution >= 4 is 23.1 Å². The number of hydrogen-bond donors (Lipinski definition) is 2. The van der Waals surface area contributed by atoms with Gasteiger partial charge >= 0.3 is 0 Å². The van der Waals surface area contributed by atoms with Crippen molar-refractivity contribution in [1.82, 2.24) is 4.98 Å². The zero-order chi connectivity index (χ0) is 14.4. The number of nitrogens with two attached hydrogens (primary N) is 1. The number of amides is 1. The summed E-state index contributed by atoms with van der Waals surface area (Å²) in [6, 6.07) is 13.7. The number of para-hydroxylation sites is 1. The molecule has 0 saturated carbocycles. The summed E-state index contributed by atoms with van der Waals surface area (Å²) in [4.78, 5) is 17.7. The number of hydrogen-bond acceptors (Lipinski definition) is 4. The maximum atomic E-state index is 11.2. The first-order valence-electron chi connectivity index (χ1n) is 6.53. The second kappa shape index (κ2) is 6.68. The van der Waals surface area contributed by atoms with Gasteiger partial charge in [0.15, 0.2) is 0 Å². The van der Waals surface area contributed by atoms with E-state index in [0.29, 0.717) is 5.69 Å². The number of carbonyl (C=O) groups excluding carboxylic acids is 1. The van der Waals surface area contributed by atoms with Crippen molar-refractivity contribution < 1.29 is 4.79 Å². The molecule has 0 atom stereocenters. The Morgan fingerprint density at radius 2 is 2.00 bits per heavy atom. The minimum atomic E-state index is -0.227. The smallest absolute Gasteiger partial charge is 0.238 e. The molecule has 0 radical (unpaired) electrons. The summed E-state index contributed by atoms with van der Waals surface area (Å²) in [5.74, 6) is 0.611. The van der Waals surface area contributed by atoms with Crippen molar-refractivity contribution in [3.05, 3.63) is 48.7 Å². The van der Waals surface area contributed by atoms with Gasteiger partial charge in [0, 0.05) is 12.2 Å². The van der Waals surface area contributed by atoms with Gasteiger partial charge in [0.2, 0.25) is 5.91 Å². The average Bonchev–Trinajstić information content (AvgIpc) is 2.50. The Kier molecular flexibility index (Phi) is 4.68. The van der Waals surface area contributed by atoms with Gasteiger partial charge in [-0.3, -0.25) is 4.79 Å². The summed E-state index contributed by atoms with van der Waals surface area (Å²) in [5.41, 5.74) is 6.99. The Labute approximate surface area is 118 Å². The molecule has 3 N–H and O–H groups in total. The molecule has 2 rings (SSSR count). The molecule has 0 aliphatic rings. The van der Waals surface area contributed by atoms with E-state index in [9.17, 15) is 4.79 Å². The van der Waals surface area contributed by atoms with E-state index in [1.165, 1.54) is 0 Å². The number of benzene rings is 1. The molecule has 0 fully saturated rings. The van der Waals surface area contributed by atoms with E-state index in [1.807, 2.05) is 42.5 Å². The fourth-order valence-electron chi connectivity index (χ4n) is 1.92. The SMILES string of the molecule is CCN(c1ccccc1)c1ccc(NC(=O)CN)cn1. The van der Waals surface area contributed by atoms with E-state index in [1.54, 1.807) is 6.20 Å². The summed E-state index contributed by atoms with van der Waals surface area (Å²) in [6.45, 7) is 2.84. The van der Waals surface area contributed by atoms with Crippen LogP contribution in [0.15, 0.2) is 48.7 Å². The Balaban J connectivity index is 2.18. The van der Waals surface area contributed by atoms with Crippen molar-refractivity contribution in [3.63, 3.8) is 0 Å². The van der Waals surface area contributed by atoms with Gasteiger partial charge in [-0.2, -0.15) is 0 Å². The number of pyridine rings is 1. The molecule has 104 valence electrons. The van der Waals surface area contributed by atoms with Crippen LogP contribution < -0.4 is 16.0 Å². The predicted octanol–water partition coefficient (Wildman–Crippen LogP) is 2.14. The first-order chi connectivity index (χ1) is 9.74. The molecule has 0 aliphatic heterocycles. The average molecular weight is 270 g/mol. The third-order valence-corrected chi connectivity index (χ3v) is 2.88. The fourth-order valence-corrected chi connectivity index (χ4v) is 1.92. The molecule has 1 aromatic carbocycles. The molecular weight excluding hydrogens is 252 g/mol. The number of anilines is 3. The molecule has 1 aromatic heterocycles. The van der Waals surface area contributed by atoms with Crippen LogP contribution in [0.1, 0.15) is 6.92 Å². The molecule has 0 saturated heterocycles. The molecule has 1 amide bonds. The summed E-state index contributed by atoms with van der Waals surface area (Å²) < 4.78 is 0. The van der Waals surface area contributed by atoms with Gasteiger partial charge in [0.25, 0.3) is 0 Å². The van der Waals surface area contributed by atoms with Crippen LogP contribution in [0, 0.1) is 0 Å². The number of rotatable bonds is 5. The second-order valence-corrected chi connectivity index (χ2v) is 4.24. The normalized spacial score (nSPS) is 10.1. The Hall–Kier alpha value is -2.40. The highest BCUT2D eigenvalue weighted by molar-refractivity contribution is 5.92. The monoisotopic (exact) mass is 270 g/mol. The van der Waals surface area contributed by atoms with Crippen LogP contribution in [0.25, 0.3) is 0 Å². The summed E-state index contributed by atoms with van der Waals surface area (Å²) in [5, 5.41) is 2.67. The highest BCUT2D eigenvalue weighted by Crippen LogP contribution is 2.23. The molecule has 20 heavy (non-hydrogen) atoms. The Morgan fingerprint density at radius 1 is 1.25 bits per heavy atom. The van der Waals surface area contributed by atoms with Crippen molar-refractivity contribution in [3.8, 4) is 0 Å². The topological polar surface area (TPSA) is 71.2 Å². The minimum absolute atomic E-state index is 0.0349. The molecule has 0 spiro atoms. The van der Waals surface area contributed by atoms with E-state index in [2.05, 4.69) is 22.1 Å². The van der Waals surface area contributed by atoms with E-state index in [4.69, 9.17) is 5.73 Å². The van der Waals surface area contributed by atoms with E-state index >= 15 is 0 Å². The van der Waals surface area contributed by atoms with Crippen molar-refractivity contribution in [2.45, 2.75) is 6.92 Å². The number of aromatic nitrogens is 1. The van der Waals surface area contributed by atoms with Gasteiger partial charge in [-0.15, -0.1) is 0 Å². The number of nitrogens with zero attached hydrogens (tertiary/aromatic N) is 2. The standard InChI is InChI=1S/C15H18N4O/c1-2-19(13-6-4-3-5-7-13)14-9-8-12(11-17-14)18-15(20)10-16/h3-9,11H,2,10,16H2,1H3,(H,18,20). The maximum absolute atomic E-state index is 11.2. The lowest BCUT2D eigenvalue weighted by Crippen LogP contribution is -2.22. The minimum Gasteiger partial charge on any atom is -0.327 e. The quantitative estimate of drug-likeness (QED) is 0.873. The maximum Gasteiger partial charge on any atom is 0.238 e. The third kappa shape index (κ3) is 3.33. The van der Waals surface area contributed by atoms with Gasteiger partial charge in [0.05, 0.1) is 18.4 Å². The van der Waals surface area contributed by atoms with Gasteiger partial charge in [-0.05, 0) is 31.2 Å². The summed E-state index contributed by atoms with van der Waals surface area (Å²) in [7, 11) is 0. The molecular formula is C15H18N4O. The lowest BCUT2D eigenvalue weighted by Gasteiger charge is -2.22. The van der Waals surface area contributed by atoms with E-state index in [0.717, 1.165) is 18.1 Å². The molecule has 0 unspecified atom stereocenters. The van der Waals surface area contributed by atoms with Gasteiger partial charge in [-0.25, -0.2) is 4.98 Å². The third-order valence-electron chi connectivity index (χ3n) is 2.88. The second-order valence-electron chi connectivity index (χ2n) is 4.24. The Morgan fingerprint density at radius 3 is 2.55 bits per heavy atom. The van der Waals surface area contributed by atoms with Gasteiger partial charge < -0.3 is 16.0 Å². The molecule has 1 heterocycles. The Bertz CT molecular complexity index is 554. The van der Waals surface area contributed by atoms with Crippen LogP contribution >= 0.6 is 0 Å². The van der Waals surface area contributed by atoms with Crippen LogP contribution in [0.5, 0.6) is 0 Å². The fraction of sp³-hybridized carbons (Fsp3) is 0.200. The highest BCUT2D eigenvalue weighted by Gasteiger charge is 2.08. The van der Waals surface area contributed by atoms with Crippen molar-refractivity contribution in [1.29, 1.82) is 0 Å². The van der Waals surface area contributed by atoms with Crippen molar-refractivity contribution in [2.75, 3.05) is 23.3 Å². The van der Waals surface area contributed by atoms with Crippen LogP contribution in [0.4, 0.5) is 17.2 Å². The van der Waals surface area contributed by atoms with Crippen molar-refractivity contribution in [2.24, 2.45) is 5.73 Å². The molecule has 5 heteroatoms. The van der Waals surface area contributed by atoms with Gasteiger partial charge in [-0.1, -0.05) is 18.2 Å². The van der Waals surface area contributed by atoms with Crippen LogP contribution in [0.2, 0.25) is 0 Å². The first-order valence-corrected chi connectivity index (χ1v) is 6.53. The molecule has 0 bridgehead atoms. The van der Waals surface area contributed by atoms with Crippen LogP contribution in [-0.4, -0.2) is 24.0 Å². The lowest BCUT2D eigenvalue weighted by atomic mass is 10.2. The summed E-state index contributed by atoms with van der Waals surface area (Å²) in [6.07, 6.45) is 1.63. The predicted molar refractivity (Wildman–Crippen MR) is 81.0 cm³/mol. The van der Waals surface area contributed by atoms with Gasteiger partial charge in [0.1, 0.15) is 5.82 Å². The molecule has 5 nitrogen and oxygen atoms in total. The number of carbonyl (C=O) groups is 1. The first kappa shape index (κ1) is 14.0.